The molecule has 2 aliphatic heterocycles. The van der Waals surface area contributed by atoms with E-state index in [9.17, 15) is 13.8 Å². The fourth-order valence-corrected chi connectivity index (χ4v) is 6.99. The minimum absolute atomic E-state index is 0.0792. The smallest absolute Gasteiger partial charge is 0.293 e. The van der Waals surface area contributed by atoms with Crippen molar-refractivity contribution in [1.29, 1.82) is 0 Å². The first-order valence-electron chi connectivity index (χ1n) is 14.9. The molecule has 0 fully saturated rings. The van der Waals surface area contributed by atoms with Gasteiger partial charge < -0.3 is 19.1 Å². The van der Waals surface area contributed by atoms with Gasteiger partial charge in [0.1, 0.15) is 17.5 Å². The molecule has 230 valence electrons. The van der Waals surface area contributed by atoms with Gasteiger partial charge in [0, 0.05) is 30.6 Å². The van der Waals surface area contributed by atoms with E-state index in [0.29, 0.717) is 56.3 Å². The fraction of sp³-hybridized carbons (Fsp3) is 0.562. The van der Waals surface area contributed by atoms with E-state index in [2.05, 4.69) is 35.6 Å². The molecule has 0 radical (unpaired) electrons. The maximum Gasteiger partial charge on any atom is 0.293 e. The first kappa shape index (κ1) is 32.3. The summed E-state index contributed by atoms with van der Waals surface area (Å²) in [6.07, 6.45) is 4.54. The molecule has 4 atom stereocenters. The molecular weight excluding hydrogens is 576 g/mol. The lowest BCUT2D eigenvalue weighted by atomic mass is 9.90. The maximum atomic E-state index is 13.3. The third-order valence-electron chi connectivity index (χ3n) is 8.31. The van der Waals surface area contributed by atoms with Crippen LogP contribution in [0.1, 0.15) is 76.8 Å². The van der Waals surface area contributed by atoms with Crippen molar-refractivity contribution >= 4 is 40.7 Å². The van der Waals surface area contributed by atoms with Gasteiger partial charge in [0.2, 0.25) is 0 Å². The Balaban J connectivity index is 1.73. The second-order valence-corrected chi connectivity index (χ2v) is 13.3. The summed E-state index contributed by atoms with van der Waals surface area (Å²) in [5, 5.41) is 0.722. The topological polar surface area (TPSA) is 94.2 Å². The molecule has 2 aromatic carbocycles. The van der Waals surface area contributed by atoms with Gasteiger partial charge in [-0.15, -0.1) is 0 Å². The van der Waals surface area contributed by atoms with Gasteiger partial charge in [-0.3, -0.25) is 14.3 Å². The zero-order chi connectivity index (χ0) is 30.3. The largest absolute Gasteiger partial charge is 0.491 e. The van der Waals surface area contributed by atoms with Crippen LogP contribution >= 0.6 is 11.6 Å². The molecule has 2 aliphatic rings. The number of nitrogens with zero attached hydrogens (tertiary/aromatic N) is 1. The van der Waals surface area contributed by atoms with Crippen molar-refractivity contribution in [3.05, 3.63) is 52.5 Å². The van der Waals surface area contributed by atoms with Gasteiger partial charge >= 0.3 is 0 Å². The van der Waals surface area contributed by atoms with Gasteiger partial charge in [-0.2, -0.15) is 0 Å². The van der Waals surface area contributed by atoms with Crippen LogP contribution in [0.2, 0.25) is 5.02 Å². The summed E-state index contributed by atoms with van der Waals surface area (Å²) in [7, 11) is -1.78. The summed E-state index contributed by atoms with van der Waals surface area (Å²) >= 11 is 6.38. The molecule has 2 aromatic rings. The molecule has 10 heteroatoms. The summed E-state index contributed by atoms with van der Waals surface area (Å²) in [6, 6.07) is 11.5. The highest BCUT2D eigenvalue weighted by Crippen LogP contribution is 2.38. The molecule has 2 heterocycles. The lowest BCUT2D eigenvalue weighted by Gasteiger charge is -2.32. The van der Waals surface area contributed by atoms with E-state index in [0.717, 1.165) is 36.4 Å². The molecule has 4 unspecified atom stereocenters. The van der Waals surface area contributed by atoms with Gasteiger partial charge in [0.05, 0.1) is 17.2 Å². The van der Waals surface area contributed by atoms with Crippen LogP contribution < -0.4 is 14.4 Å². The second kappa shape index (κ2) is 14.7. The van der Waals surface area contributed by atoms with Gasteiger partial charge in [-0.1, -0.05) is 37.9 Å². The lowest BCUT2D eigenvalue weighted by molar-refractivity contribution is -0.141. The zero-order valence-corrected chi connectivity index (χ0v) is 26.6. The molecule has 2 bridgehead atoms. The van der Waals surface area contributed by atoms with Gasteiger partial charge in [-0.05, 0) is 93.3 Å². The van der Waals surface area contributed by atoms with E-state index in [4.69, 9.17) is 25.8 Å². The number of hydrogen-bond acceptors (Lipinski definition) is 7. The minimum Gasteiger partial charge on any atom is -0.491 e. The quantitative estimate of drug-likeness (QED) is 0.399. The van der Waals surface area contributed by atoms with Crippen LogP contribution in [-0.2, 0) is 36.5 Å². The van der Waals surface area contributed by atoms with E-state index in [1.807, 2.05) is 18.2 Å². The number of fused-ring (bicyclic) bond motifs is 1. The molecule has 1 N–H and O–H groups in total. The normalized spacial score (nSPS) is 25.1. The number of rotatable bonds is 6. The minimum atomic E-state index is -1.78. The van der Waals surface area contributed by atoms with Crippen molar-refractivity contribution in [3.8, 4) is 5.75 Å². The van der Waals surface area contributed by atoms with Crippen LogP contribution in [0.15, 0.2) is 41.3 Å². The van der Waals surface area contributed by atoms with Gasteiger partial charge in [-0.25, -0.2) is 4.21 Å². The number of amides is 1. The predicted octanol–water partition coefficient (Wildman–Crippen LogP) is 5.96. The highest BCUT2D eigenvalue weighted by molar-refractivity contribution is 7.83. The average molecular weight is 619 g/mol. The molecule has 4 rings (SSSR count). The predicted molar refractivity (Wildman–Crippen MR) is 165 cm³/mol. The highest BCUT2D eigenvalue weighted by Gasteiger charge is 2.32. The zero-order valence-electron chi connectivity index (χ0n) is 25.0. The standard InChI is InChI=1S/C32H43ClN2O6S/c1-5-8-23-17-25(33)10-12-27(23)24-19-35-15-14-22(6-2)29(40-21-36)9-7-16-41-32(3,4)31(37)34-42(38)26-11-13-30(39-20-24)28(35)18-26/h10-13,17-18,21-22,24,29H,5-9,14-16,19-20H2,1-4H3,(H,34,37). The highest BCUT2D eigenvalue weighted by atomic mass is 35.5. The fourth-order valence-electron chi connectivity index (χ4n) is 5.85. The number of carbonyl (C=O) groups excluding carboxylic acids is 2. The second-order valence-electron chi connectivity index (χ2n) is 11.6. The number of ether oxygens (including phenoxy) is 3. The van der Waals surface area contributed by atoms with Crippen LogP contribution in [0.25, 0.3) is 0 Å². The summed E-state index contributed by atoms with van der Waals surface area (Å²) < 4.78 is 33.8. The van der Waals surface area contributed by atoms with Crippen molar-refractivity contribution in [2.45, 2.75) is 88.7 Å². The van der Waals surface area contributed by atoms with Crippen LogP contribution in [-0.4, -0.2) is 54.6 Å². The first-order valence-corrected chi connectivity index (χ1v) is 16.5. The molecule has 0 saturated carbocycles. The molecule has 42 heavy (non-hydrogen) atoms. The van der Waals surface area contributed by atoms with E-state index < -0.39 is 22.5 Å². The Morgan fingerprint density at radius 2 is 2.00 bits per heavy atom. The van der Waals surface area contributed by atoms with Crippen LogP contribution in [0.4, 0.5) is 5.69 Å². The third-order valence-corrected chi connectivity index (χ3v) is 9.60. The Morgan fingerprint density at radius 1 is 1.19 bits per heavy atom. The van der Waals surface area contributed by atoms with E-state index in [-0.39, 0.29) is 17.9 Å². The summed E-state index contributed by atoms with van der Waals surface area (Å²) in [6.45, 7) is 10.3. The lowest BCUT2D eigenvalue weighted by Crippen LogP contribution is -2.45. The molecule has 0 aromatic heterocycles. The third kappa shape index (κ3) is 7.85. The van der Waals surface area contributed by atoms with Gasteiger partial charge in [0.15, 0.2) is 11.0 Å². The SMILES string of the molecule is CCCc1cc(Cl)ccc1C1COc2ccc3cc2N(CCC(CC)C(OC=O)CCCOC(C)(C)C(=O)NS3=O)C1. The maximum absolute atomic E-state index is 13.3. The monoisotopic (exact) mass is 618 g/mol. The van der Waals surface area contributed by atoms with Crippen LogP contribution in [0.3, 0.4) is 0 Å². The first-order chi connectivity index (χ1) is 20.2. The van der Waals surface area contributed by atoms with Crippen LogP contribution in [0, 0.1) is 5.92 Å². The number of nitrogens with one attached hydrogen (secondary N) is 1. The molecule has 8 nitrogen and oxygen atoms in total. The van der Waals surface area contributed by atoms with Crippen molar-refractivity contribution in [1.82, 2.24) is 4.72 Å². The van der Waals surface area contributed by atoms with Crippen molar-refractivity contribution < 1.29 is 28.0 Å². The molecule has 0 spiro atoms. The number of halogens is 1. The van der Waals surface area contributed by atoms with Gasteiger partial charge in [0.25, 0.3) is 12.4 Å². The van der Waals surface area contributed by atoms with E-state index in [1.165, 1.54) is 11.1 Å². The Bertz CT molecular complexity index is 1270. The number of anilines is 1. The Kier molecular flexibility index (Phi) is 11.3. The van der Waals surface area contributed by atoms with Crippen molar-refractivity contribution in [3.63, 3.8) is 0 Å². The molecule has 1 amide bonds. The number of benzene rings is 2. The van der Waals surface area contributed by atoms with Crippen LogP contribution in [0.5, 0.6) is 5.75 Å². The Hall–Kier alpha value is -2.62. The Labute approximate surface area is 257 Å². The van der Waals surface area contributed by atoms with Crippen molar-refractivity contribution in [2.24, 2.45) is 5.92 Å². The number of aryl methyl sites for hydroxylation is 1. The number of carbonyl (C=O) groups is 2. The molecule has 0 saturated heterocycles. The summed E-state index contributed by atoms with van der Waals surface area (Å²) in [4.78, 5) is 27.2. The van der Waals surface area contributed by atoms with E-state index >= 15 is 0 Å². The molecular formula is C32H43ClN2O6S. The average Bonchev–Trinajstić information content (AvgIpc) is 3.14. The van der Waals surface area contributed by atoms with Crippen molar-refractivity contribution in [2.75, 3.05) is 31.2 Å². The number of hydrogen-bond donors (Lipinski definition) is 1. The Morgan fingerprint density at radius 3 is 2.74 bits per heavy atom. The summed E-state index contributed by atoms with van der Waals surface area (Å²) in [5.74, 6) is 0.452. The van der Waals surface area contributed by atoms with E-state index in [1.54, 1.807) is 19.9 Å². The summed E-state index contributed by atoms with van der Waals surface area (Å²) in [5.41, 5.74) is 2.09. The molecule has 0 aliphatic carbocycles.